The van der Waals surface area contributed by atoms with Crippen molar-refractivity contribution in [3.63, 3.8) is 0 Å². The van der Waals surface area contributed by atoms with Crippen LogP contribution in [-0.4, -0.2) is 14.3 Å². The summed E-state index contributed by atoms with van der Waals surface area (Å²) in [6.07, 6.45) is 0. The highest BCUT2D eigenvalue weighted by molar-refractivity contribution is 7.87. The summed E-state index contributed by atoms with van der Waals surface area (Å²) in [4.78, 5) is 10.5. The highest BCUT2D eigenvalue weighted by atomic mass is 35.5. The highest BCUT2D eigenvalue weighted by Gasteiger charge is 2.23. The number of rotatable bonds is 4. The predicted molar refractivity (Wildman–Crippen MR) is 74.2 cm³/mol. The first-order chi connectivity index (χ1) is 9.81. The molecule has 0 aromatic heterocycles. The number of halogens is 2. The van der Waals surface area contributed by atoms with Crippen molar-refractivity contribution in [2.75, 3.05) is 0 Å². The van der Waals surface area contributed by atoms with E-state index < -0.39 is 26.7 Å². The third-order valence-corrected chi connectivity index (χ3v) is 4.02. The molecule has 0 fully saturated rings. The second kappa shape index (κ2) is 5.71. The van der Waals surface area contributed by atoms with E-state index in [0.717, 1.165) is 12.1 Å². The molecule has 2 aromatic rings. The molecule has 0 spiro atoms. The van der Waals surface area contributed by atoms with Crippen LogP contribution in [0.5, 0.6) is 5.75 Å². The summed E-state index contributed by atoms with van der Waals surface area (Å²) in [5.74, 6) is -2.20. The summed E-state index contributed by atoms with van der Waals surface area (Å²) in [5.41, 5.74) is 4.99. The number of nitrogens with two attached hydrogens (primary N) is 1. The molecule has 2 N–H and O–H groups in total. The van der Waals surface area contributed by atoms with E-state index in [-0.39, 0.29) is 16.3 Å². The minimum absolute atomic E-state index is 0.0454. The monoisotopic (exact) mass is 329 g/mol. The first kappa shape index (κ1) is 15.3. The number of para-hydroxylation sites is 1. The van der Waals surface area contributed by atoms with Crippen LogP contribution >= 0.6 is 11.6 Å². The van der Waals surface area contributed by atoms with Crippen molar-refractivity contribution in [2.24, 2.45) is 5.73 Å². The van der Waals surface area contributed by atoms with Gasteiger partial charge in [0.15, 0.2) is 5.75 Å². The standard InChI is InChI=1S/C13H9ClFNO4S/c14-8-5-6-12(10(15)7-8)21(18,19)20-11-4-2-1-3-9(11)13(16)17/h1-7H,(H2,16,17). The first-order valence-corrected chi connectivity index (χ1v) is 7.38. The normalized spacial score (nSPS) is 11.1. The van der Waals surface area contributed by atoms with E-state index in [1.807, 2.05) is 0 Å². The summed E-state index contributed by atoms with van der Waals surface area (Å²) in [6, 6.07) is 8.51. The molecular weight excluding hydrogens is 321 g/mol. The Balaban J connectivity index is 2.45. The van der Waals surface area contributed by atoms with Crippen molar-refractivity contribution in [3.05, 3.63) is 58.9 Å². The first-order valence-electron chi connectivity index (χ1n) is 5.59. The molecule has 8 heteroatoms. The maximum atomic E-state index is 13.7. The molecule has 5 nitrogen and oxygen atoms in total. The van der Waals surface area contributed by atoms with Gasteiger partial charge in [-0.1, -0.05) is 23.7 Å². The number of carbonyl (C=O) groups is 1. The Kier molecular flexibility index (Phi) is 4.15. The lowest BCUT2D eigenvalue weighted by Crippen LogP contribution is -2.17. The molecule has 0 bridgehead atoms. The topological polar surface area (TPSA) is 86.5 Å². The van der Waals surface area contributed by atoms with Crippen LogP contribution < -0.4 is 9.92 Å². The lowest BCUT2D eigenvalue weighted by molar-refractivity contribution is 0.0999. The molecule has 0 aliphatic heterocycles. The van der Waals surface area contributed by atoms with E-state index in [4.69, 9.17) is 21.5 Å². The minimum Gasteiger partial charge on any atom is -0.378 e. The van der Waals surface area contributed by atoms with E-state index in [0.29, 0.717) is 0 Å². The Bertz CT molecular complexity index is 808. The van der Waals surface area contributed by atoms with Gasteiger partial charge in [0, 0.05) is 5.02 Å². The lowest BCUT2D eigenvalue weighted by Gasteiger charge is -2.10. The molecule has 0 aliphatic rings. The fourth-order valence-electron chi connectivity index (χ4n) is 1.58. The van der Waals surface area contributed by atoms with Gasteiger partial charge < -0.3 is 9.92 Å². The van der Waals surface area contributed by atoms with E-state index in [1.165, 1.54) is 30.3 Å². The summed E-state index contributed by atoms with van der Waals surface area (Å²) in [5, 5.41) is 0.0454. The van der Waals surface area contributed by atoms with Gasteiger partial charge in [-0.15, -0.1) is 0 Å². The average molecular weight is 330 g/mol. The Labute approximate surface area is 125 Å². The third kappa shape index (κ3) is 3.32. The number of carbonyl (C=O) groups excluding carboxylic acids is 1. The van der Waals surface area contributed by atoms with Crippen LogP contribution in [-0.2, 0) is 10.1 Å². The third-order valence-electron chi connectivity index (χ3n) is 2.52. The zero-order chi connectivity index (χ0) is 15.6. The van der Waals surface area contributed by atoms with Crippen molar-refractivity contribution in [2.45, 2.75) is 4.90 Å². The van der Waals surface area contributed by atoms with E-state index >= 15 is 0 Å². The molecular formula is C13H9ClFNO4S. The molecule has 0 aliphatic carbocycles. The van der Waals surface area contributed by atoms with Crippen LogP contribution in [0.4, 0.5) is 4.39 Å². The van der Waals surface area contributed by atoms with Crippen molar-refractivity contribution in [1.82, 2.24) is 0 Å². The van der Waals surface area contributed by atoms with Crippen molar-refractivity contribution < 1.29 is 21.8 Å². The molecule has 2 aromatic carbocycles. The number of amides is 1. The Hall–Kier alpha value is -2.12. The second-order valence-electron chi connectivity index (χ2n) is 3.97. The van der Waals surface area contributed by atoms with Gasteiger partial charge >= 0.3 is 10.1 Å². The summed E-state index contributed by atoms with van der Waals surface area (Å²) < 4.78 is 42.6. The van der Waals surface area contributed by atoms with Gasteiger partial charge in [0.2, 0.25) is 0 Å². The maximum Gasteiger partial charge on any atom is 0.342 e. The molecule has 21 heavy (non-hydrogen) atoms. The van der Waals surface area contributed by atoms with Crippen LogP contribution in [0.1, 0.15) is 10.4 Å². The lowest BCUT2D eigenvalue weighted by atomic mass is 10.2. The number of benzene rings is 2. The number of hydrogen-bond acceptors (Lipinski definition) is 4. The van der Waals surface area contributed by atoms with Gasteiger partial charge in [-0.2, -0.15) is 8.42 Å². The Morgan fingerprint density at radius 1 is 1.19 bits per heavy atom. The van der Waals surface area contributed by atoms with Crippen LogP contribution in [0.2, 0.25) is 5.02 Å². The molecule has 0 unspecified atom stereocenters. The SMILES string of the molecule is NC(=O)c1ccccc1OS(=O)(=O)c1ccc(Cl)cc1F. The van der Waals surface area contributed by atoms with E-state index in [1.54, 1.807) is 0 Å². The molecule has 110 valence electrons. The largest absolute Gasteiger partial charge is 0.378 e. The van der Waals surface area contributed by atoms with Gasteiger partial charge in [0.1, 0.15) is 10.7 Å². The molecule has 2 rings (SSSR count). The fourth-order valence-corrected chi connectivity index (χ4v) is 2.75. The van der Waals surface area contributed by atoms with E-state index in [2.05, 4.69) is 0 Å². The molecule has 0 heterocycles. The van der Waals surface area contributed by atoms with Gasteiger partial charge in [-0.3, -0.25) is 4.79 Å². The van der Waals surface area contributed by atoms with Crippen molar-refractivity contribution in [3.8, 4) is 5.75 Å². The minimum atomic E-state index is -4.46. The summed E-state index contributed by atoms with van der Waals surface area (Å²) in [6.45, 7) is 0. The van der Waals surface area contributed by atoms with Crippen molar-refractivity contribution in [1.29, 1.82) is 0 Å². The quantitative estimate of drug-likeness (QED) is 0.872. The van der Waals surface area contributed by atoms with Crippen LogP contribution in [0.25, 0.3) is 0 Å². The second-order valence-corrected chi connectivity index (χ2v) is 5.92. The molecule has 0 atom stereocenters. The van der Waals surface area contributed by atoms with Crippen LogP contribution in [0.15, 0.2) is 47.4 Å². The molecule has 0 saturated carbocycles. The van der Waals surface area contributed by atoms with Crippen LogP contribution in [0, 0.1) is 5.82 Å². The number of primary amides is 1. The number of hydrogen-bond donors (Lipinski definition) is 1. The molecule has 0 saturated heterocycles. The molecule has 0 radical (unpaired) electrons. The maximum absolute atomic E-state index is 13.7. The van der Waals surface area contributed by atoms with Gasteiger partial charge in [0.05, 0.1) is 5.56 Å². The zero-order valence-corrected chi connectivity index (χ0v) is 12.0. The molecule has 1 amide bonds. The fraction of sp³-hybridized carbons (Fsp3) is 0. The van der Waals surface area contributed by atoms with Gasteiger partial charge in [-0.05, 0) is 30.3 Å². The van der Waals surface area contributed by atoms with Crippen LogP contribution in [0.3, 0.4) is 0 Å². The van der Waals surface area contributed by atoms with Crippen molar-refractivity contribution >= 4 is 27.6 Å². The Morgan fingerprint density at radius 3 is 2.48 bits per heavy atom. The van der Waals surface area contributed by atoms with Gasteiger partial charge in [-0.25, -0.2) is 4.39 Å². The van der Waals surface area contributed by atoms with Gasteiger partial charge in [0.25, 0.3) is 5.91 Å². The highest BCUT2D eigenvalue weighted by Crippen LogP contribution is 2.25. The smallest absolute Gasteiger partial charge is 0.342 e. The van der Waals surface area contributed by atoms with E-state index in [9.17, 15) is 17.6 Å². The zero-order valence-electron chi connectivity index (χ0n) is 10.4. The average Bonchev–Trinajstić information content (AvgIpc) is 2.37. The predicted octanol–water partition coefficient (Wildman–Crippen LogP) is 2.35. The summed E-state index contributed by atoms with van der Waals surface area (Å²) in [7, 11) is -4.46. The Morgan fingerprint density at radius 2 is 1.86 bits per heavy atom. The summed E-state index contributed by atoms with van der Waals surface area (Å²) >= 11 is 5.56.